The third-order valence-corrected chi connectivity index (χ3v) is 4.26. The average molecular weight is 333 g/mol. The monoisotopic (exact) mass is 333 g/mol. The van der Waals surface area contributed by atoms with Crippen molar-refractivity contribution in [1.29, 1.82) is 0 Å². The van der Waals surface area contributed by atoms with Crippen molar-refractivity contribution >= 4 is 16.6 Å². The number of hydrogen-bond donors (Lipinski definition) is 2. The van der Waals surface area contributed by atoms with Gasteiger partial charge in [-0.3, -0.25) is 9.67 Å². The van der Waals surface area contributed by atoms with Crippen LogP contribution in [0.2, 0.25) is 0 Å². The molecule has 1 unspecified atom stereocenters. The number of pyridine rings is 1. The van der Waals surface area contributed by atoms with E-state index in [9.17, 15) is 0 Å². The van der Waals surface area contributed by atoms with Crippen LogP contribution in [-0.4, -0.2) is 26.9 Å². The van der Waals surface area contributed by atoms with Crippen LogP contribution in [0.3, 0.4) is 0 Å². The molecule has 0 aliphatic carbocycles. The Kier molecular flexibility index (Phi) is 3.85. The lowest BCUT2D eigenvalue weighted by Gasteiger charge is -2.18. The number of ether oxygens (including phenoxy) is 1. The van der Waals surface area contributed by atoms with Crippen molar-refractivity contribution in [2.75, 3.05) is 12.4 Å². The fraction of sp³-hybridized carbons (Fsp3) is 0.158. The predicted molar refractivity (Wildman–Crippen MR) is 97.8 cm³/mol. The molecular weight excluding hydrogens is 314 g/mol. The van der Waals surface area contributed by atoms with Crippen molar-refractivity contribution in [2.24, 2.45) is 7.05 Å². The fourth-order valence-corrected chi connectivity index (χ4v) is 3.03. The lowest BCUT2D eigenvalue weighted by molar-refractivity contribution is 0.415. The van der Waals surface area contributed by atoms with Crippen LogP contribution in [0.25, 0.3) is 10.9 Å². The van der Waals surface area contributed by atoms with Gasteiger partial charge in [0.05, 0.1) is 25.0 Å². The van der Waals surface area contributed by atoms with Crippen LogP contribution in [0.4, 0.5) is 5.69 Å². The van der Waals surface area contributed by atoms with Crippen LogP contribution in [0.5, 0.6) is 5.75 Å². The molecule has 3 aromatic heterocycles. The van der Waals surface area contributed by atoms with Gasteiger partial charge in [-0.25, -0.2) is 0 Å². The molecule has 0 bridgehead atoms. The van der Waals surface area contributed by atoms with Crippen LogP contribution >= 0.6 is 0 Å². The van der Waals surface area contributed by atoms with Gasteiger partial charge in [-0.2, -0.15) is 5.10 Å². The normalized spacial score (nSPS) is 12.2. The number of nitrogens with one attached hydrogen (secondary N) is 2. The minimum absolute atomic E-state index is 0.0567. The molecule has 0 aliphatic heterocycles. The Labute approximate surface area is 145 Å². The first-order valence-corrected chi connectivity index (χ1v) is 8.05. The van der Waals surface area contributed by atoms with Gasteiger partial charge in [0.2, 0.25) is 0 Å². The first kappa shape index (κ1) is 15.3. The number of aryl methyl sites for hydroxylation is 1. The topological polar surface area (TPSA) is 67.8 Å². The van der Waals surface area contributed by atoms with Gasteiger partial charge in [0, 0.05) is 53.9 Å². The van der Waals surface area contributed by atoms with Crippen molar-refractivity contribution in [3.63, 3.8) is 0 Å². The molecule has 0 aliphatic rings. The van der Waals surface area contributed by atoms with E-state index in [0.29, 0.717) is 0 Å². The Morgan fingerprint density at radius 3 is 2.88 bits per heavy atom. The third-order valence-electron chi connectivity index (χ3n) is 4.26. The van der Waals surface area contributed by atoms with Gasteiger partial charge in [0.1, 0.15) is 5.75 Å². The standard InChI is InChI=1S/C19H19N5O/c1-24-12-13(9-22-24)19(23-14-4-3-7-20-10-14)17-11-21-18-6-5-15(25-2)8-16(17)18/h3-12,19,21,23H,1-2H3. The molecule has 0 amide bonds. The van der Waals surface area contributed by atoms with Gasteiger partial charge in [-0.05, 0) is 30.3 Å². The summed E-state index contributed by atoms with van der Waals surface area (Å²) >= 11 is 0. The quantitative estimate of drug-likeness (QED) is 0.586. The molecule has 6 nitrogen and oxygen atoms in total. The predicted octanol–water partition coefficient (Wildman–Crippen LogP) is 3.51. The number of benzene rings is 1. The van der Waals surface area contributed by atoms with E-state index in [1.54, 1.807) is 13.3 Å². The molecule has 25 heavy (non-hydrogen) atoms. The summed E-state index contributed by atoms with van der Waals surface area (Å²) < 4.78 is 7.20. The molecule has 0 saturated heterocycles. The number of rotatable bonds is 5. The second kappa shape index (κ2) is 6.32. The zero-order valence-corrected chi connectivity index (χ0v) is 14.1. The summed E-state index contributed by atoms with van der Waals surface area (Å²) in [5, 5.41) is 9.01. The lowest BCUT2D eigenvalue weighted by Crippen LogP contribution is -2.11. The van der Waals surface area contributed by atoms with Crippen molar-refractivity contribution in [2.45, 2.75) is 6.04 Å². The van der Waals surface area contributed by atoms with Crippen LogP contribution in [0.1, 0.15) is 17.2 Å². The van der Waals surface area contributed by atoms with E-state index >= 15 is 0 Å². The van der Waals surface area contributed by atoms with Gasteiger partial charge in [-0.1, -0.05) is 0 Å². The average Bonchev–Trinajstić information content (AvgIpc) is 3.26. The summed E-state index contributed by atoms with van der Waals surface area (Å²) in [6, 6.07) is 9.90. The van der Waals surface area contributed by atoms with Crippen LogP contribution in [-0.2, 0) is 7.05 Å². The number of anilines is 1. The van der Waals surface area contributed by atoms with E-state index in [1.165, 1.54) is 0 Å². The molecule has 2 N–H and O–H groups in total. The summed E-state index contributed by atoms with van der Waals surface area (Å²) in [6.07, 6.45) is 9.52. The molecule has 0 radical (unpaired) electrons. The number of nitrogens with zero attached hydrogens (tertiary/aromatic N) is 3. The molecule has 1 aromatic carbocycles. The van der Waals surface area contributed by atoms with E-state index < -0.39 is 0 Å². The summed E-state index contributed by atoms with van der Waals surface area (Å²) in [5.41, 5.74) is 4.23. The Bertz CT molecular complexity index is 989. The first-order chi connectivity index (χ1) is 12.2. The fourth-order valence-electron chi connectivity index (χ4n) is 3.03. The van der Waals surface area contributed by atoms with E-state index in [0.717, 1.165) is 33.5 Å². The molecule has 0 fully saturated rings. The minimum Gasteiger partial charge on any atom is -0.497 e. The molecule has 6 heteroatoms. The van der Waals surface area contributed by atoms with Crippen LogP contribution < -0.4 is 10.1 Å². The minimum atomic E-state index is -0.0567. The number of methoxy groups -OCH3 is 1. The van der Waals surface area contributed by atoms with Crippen LogP contribution in [0, 0.1) is 0 Å². The van der Waals surface area contributed by atoms with Gasteiger partial charge in [-0.15, -0.1) is 0 Å². The number of aromatic amines is 1. The van der Waals surface area contributed by atoms with Gasteiger partial charge in [0.15, 0.2) is 0 Å². The zero-order valence-electron chi connectivity index (χ0n) is 14.1. The Hall–Kier alpha value is -3.28. The van der Waals surface area contributed by atoms with Crippen molar-refractivity contribution in [3.8, 4) is 5.75 Å². The summed E-state index contributed by atoms with van der Waals surface area (Å²) in [6.45, 7) is 0. The molecular formula is C19H19N5O. The van der Waals surface area contributed by atoms with Crippen molar-refractivity contribution in [1.82, 2.24) is 19.7 Å². The molecule has 4 aromatic rings. The highest BCUT2D eigenvalue weighted by molar-refractivity contribution is 5.86. The van der Waals surface area contributed by atoms with Gasteiger partial charge >= 0.3 is 0 Å². The number of aromatic nitrogens is 4. The summed E-state index contributed by atoms with van der Waals surface area (Å²) in [5.74, 6) is 0.833. The van der Waals surface area contributed by atoms with E-state index in [-0.39, 0.29) is 6.04 Å². The molecule has 0 saturated carbocycles. The van der Waals surface area contributed by atoms with Gasteiger partial charge in [0.25, 0.3) is 0 Å². The Morgan fingerprint density at radius 2 is 2.16 bits per heavy atom. The maximum atomic E-state index is 5.39. The van der Waals surface area contributed by atoms with E-state index in [2.05, 4.69) is 26.4 Å². The maximum Gasteiger partial charge on any atom is 0.119 e. The molecule has 1 atom stereocenters. The summed E-state index contributed by atoms with van der Waals surface area (Å²) in [7, 11) is 3.60. The molecule has 4 rings (SSSR count). The molecule has 3 heterocycles. The van der Waals surface area contributed by atoms with E-state index in [1.807, 2.05) is 60.8 Å². The van der Waals surface area contributed by atoms with Crippen LogP contribution in [0.15, 0.2) is 61.3 Å². The second-order valence-electron chi connectivity index (χ2n) is 5.92. The van der Waals surface area contributed by atoms with E-state index in [4.69, 9.17) is 4.74 Å². The number of hydrogen-bond acceptors (Lipinski definition) is 4. The van der Waals surface area contributed by atoms with Crippen molar-refractivity contribution < 1.29 is 4.74 Å². The smallest absolute Gasteiger partial charge is 0.119 e. The maximum absolute atomic E-state index is 5.39. The lowest BCUT2D eigenvalue weighted by atomic mass is 10.0. The largest absolute Gasteiger partial charge is 0.497 e. The Morgan fingerprint density at radius 1 is 1.24 bits per heavy atom. The SMILES string of the molecule is COc1ccc2[nH]cc(C(Nc3cccnc3)c3cnn(C)c3)c2c1. The number of H-pyrrole nitrogens is 1. The Balaban J connectivity index is 1.83. The van der Waals surface area contributed by atoms with Gasteiger partial charge < -0.3 is 15.0 Å². The first-order valence-electron chi connectivity index (χ1n) is 8.05. The molecule has 0 spiro atoms. The zero-order chi connectivity index (χ0) is 17.2. The third kappa shape index (κ3) is 2.94. The highest BCUT2D eigenvalue weighted by Crippen LogP contribution is 2.33. The highest BCUT2D eigenvalue weighted by Gasteiger charge is 2.20. The summed E-state index contributed by atoms with van der Waals surface area (Å²) in [4.78, 5) is 7.54. The van der Waals surface area contributed by atoms with Crippen molar-refractivity contribution in [3.05, 3.63) is 72.4 Å². The molecule has 126 valence electrons. The second-order valence-corrected chi connectivity index (χ2v) is 5.92. The number of fused-ring (bicyclic) bond motifs is 1. The highest BCUT2D eigenvalue weighted by atomic mass is 16.5.